The minimum absolute atomic E-state index is 0.0293. The normalized spacial score (nSPS) is 27.6. The van der Waals surface area contributed by atoms with Gasteiger partial charge in [0.25, 0.3) is 5.56 Å². The van der Waals surface area contributed by atoms with Gasteiger partial charge in [0, 0.05) is 31.4 Å². The van der Waals surface area contributed by atoms with Crippen LogP contribution in [0, 0.1) is 17.7 Å². The predicted molar refractivity (Wildman–Crippen MR) is 87.5 cm³/mol. The van der Waals surface area contributed by atoms with Crippen LogP contribution in [0.4, 0.5) is 10.1 Å². The predicted octanol–water partition coefficient (Wildman–Crippen LogP) is 0.0386. The zero-order valence-electron chi connectivity index (χ0n) is 12.6. The number of hydrogen-bond acceptors (Lipinski definition) is 6. The van der Waals surface area contributed by atoms with Gasteiger partial charge in [-0.3, -0.25) is 9.36 Å². The lowest BCUT2D eigenvalue weighted by atomic mass is 10.1. The fourth-order valence-corrected chi connectivity index (χ4v) is 5.28. The highest BCUT2D eigenvalue weighted by Gasteiger charge is 2.54. The molecule has 2 fully saturated rings. The van der Waals surface area contributed by atoms with Crippen LogP contribution in [0.2, 0.25) is 0 Å². The molecule has 126 valence electrons. The molecule has 0 amide bonds. The minimum atomic E-state index is -0.883. The topological polar surface area (TPSA) is 93.5 Å². The highest BCUT2D eigenvalue weighted by molar-refractivity contribution is 7.99. The number of thioether (sulfide) groups is 1. The molecule has 2 atom stereocenters. The number of aryl methyl sites for hydroxylation is 1. The maximum Gasteiger partial charge on any atom is 0.365 e. The van der Waals surface area contributed by atoms with Crippen LogP contribution in [0.15, 0.2) is 20.6 Å². The second-order valence-electron chi connectivity index (χ2n) is 6.64. The zero-order valence-corrected chi connectivity index (χ0v) is 13.4. The fourth-order valence-electron chi connectivity index (χ4n) is 4.08. The van der Waals surface area contributed by atoms with Gasteiger partial charge in [-0.05, 0) is 17.9 Å². The first-order chi connectivity index (χ1) is 11.5. The lowest BCUT2D eigenvalue weighted by Crippen LogP contribution is -2.40. The van der Waals surface area contributed by atoms with Gasteiger partial charge >= 0.3 is 5.69 Å². The Bertz CT molecular complexity index is 1000. The van der Waals surface area contributed by atoms with E-state index in [2.05, 4.69) is 0 Å². The molecule has 0 spiro atoms. The molecule has 1 saturated heterocycles. The van der Waals surface area contributed by atoms with Gasteiger partial charge in [-0.1, -0.05) is 4.73 Å². The number of halogens is 1. The largest absolute Gasteiger partial charge is 0.421 e. The monoisotopic (exact) mass is 350 g/mol. The highest BCUT2D eigenvalue weighted by Crippen LogP contribution is 2.49. The number of piperidine rings is 1. The van der Waals surface area contributed by atoms with Crippen LogP contribution in [0.25, 0.3) is 10.9 Å². The first kappa shape index (κ1) is 14.4. The van der Waals surface area contributed by atoms with Gasteiger partial charge < -0.3 is 15.8 Å². The van der Waals surface area contributed by atoms with E-state index in [1.54, 1.807) is 0 Å². The van der Waals surface area contributed by atoms with Gasteiger partial charge in [0.15, 0.2) is 0 Å². The maximum absolute atomic E-state index is 14.8. The van der Waals surface area contributed by atoms with Crippen LogP contribution in [-0.2, 0) is 6.54 Å². The van der Waals surface area contributed by atoms with Crippen molar-refractivity contribution in [3.63, 3.8) is 0 Å². The van der Waals surface area contributed by atoms with E-state index in [0.29, 0.717) is 53.3 Å². The molecule has 3 N–H and O–H groups in total. The Morgan fingerprint density at radius 1 is 1.29 bits per heavy atom. The Morgan fingerprint density at radius 3 is 2.71 bits per heavy atom. The molecule has 0 bridgehead atoms. The molecule has 1 aliphatic carbocycles. The number of hydrogen-bond donors (Lipinski definition) is 2. The third-order valence-corrected chi connectivity index (χ3v) is 6.49. The average Bonchev–Trinajstić information content (AvgIpc) is 2.97. The summed E-state index contributed by atoms with van der Waals surface area (Å²) in [6, 6.07) is 1.34. The van der Waals surface area contributed by atoms with Crippen molar-refractivity contribution in [1.82, 2.24) is 9.30 Å². The quantitative estimate of drug-likeness (QED) is 0.706. The molecular weight excluding hydrogens is 335 g/mol. The van der Waals surface area contributed by atoms with E-state index in [1.165, 1.54) is 16.3 Å². The number of fused-ring (bicyclic) bond motifs is 1. The smallest absolute Gasteiger partial charge is 0.365 e. The Morgan fingerprint density at radius 2 is 2.00 bits per heavy atom. The van der Waals surface area contributed by atoms with Gasteiger partial charge in [0.1, 0.15) is 5.82 Å². The van der Waals surface area contributed by atoms with E-state index in [-0.39, 0.29) is 16.2 Å². The summed E-state index contributed by atoms with van der Waals surface area (Å²) in [5, 5.41) is 9.72. The van der Waals surface area contributed by atoms with E-state index in [0.717, 1.165) is 6.07 Å². The fraction of sp³-hybridized carbons (Fsp3) is 0.467. The summed E-state index contributed by atoms with van der Waals surface area (Å²) < 4.78 is 16.2. The van der Waals surface area contributed by atoms with Crippen LogP contribution in [0.3, 0.4) is 0 Å². The third kappa shape index (κ3) is 1.66. The lowest BCUT2D eigenvalue weighted by Gasteiger charge is -2.28. The van der Waals surface area contributed by atoms with Crippen LogP contribution in [0.5, 0.6) is 0 Å². The summed E-state index contributed by atoms with van der Waals surface area (Å²) >= 11 is 1.45. The van der Waals surface area contributed by atoms with E-state index in [4.69, 9.17) is 5.73 Å². The van der Waals surface area contributed by atoms with E-state index < -0.39 is 17.1 Å². The average molecular weight is 350 g/mol. The molecule has 2 unspecified atom stereocenters. The molecule has 2 aliphatic heterocycles. The third-order valence-electron chi connectivity index (χ3n) is 5.43. The van der Waals surface area contributed by atoms with E-state index in [9.17, 15) is 19.2 Å². The molecule has 1 aromatic heterocycles. The van der Waals surface area contributed by atoms with Crippen molar-refractivity contribution in [1.29, 1.82) is 0 Å². The second-order valence-corrected chi connectivity index (χ2v) is 7.75. The Balaban J connectivity index is 1.80. The van der Waals surface area contributed by atoms with Crippen LogP contribution < -0.4 is 21.9 Å². The molecule has 5 rings (SSSR count). The van der Waals surface area contributed by atoms with E-state index >= 15 is 0 Å². The molecule has 24 heavy (non-hydrogen) atoms. The molecular formula is C15H15FN4O3S. The Kier molecular flexibility index (Phi) is 2.72. The molecule has 0 radical (unpaired) electrons. The molecule has 1 saturated carbocycles. The van der Waals surface area contributed by atoms with Gasteiger partial charge in [0.2, 0.25) is 0 Å². The van der Waals surface area contributed by atoms with Crippen molar-refractivity contribution in [2.24, 2.45) is 17.6 Å². The summed E-state index contributed by atoms with van der Waals surface area (Å²) in [5.74, 6) is 0.878. The van der Waals surface area contributed by atoms with Crippen molar-refractivity contribution < 1.29 is 9.60 Å². The SMILES string of the molecule is NC1C2CN(c3c(F)cc4c(=O)n(O)c(=O)n5c4c3SCC5)CC12. The number of anilines is 1. The summed E-state index contributed by atoms with van der Waals surface area (Å²) in [7, 11) is 0. The molecule has 9 heteroatoms. The molecule has 7 nitrogen and oxygen atoms in total. The van der Waals surface area contributed by atoms with Crippen molar-refractivity contribution in [3.05, 3.63) is 32.7 Å². The molecule has 1 aromatic carbocycles. The number of benzene rings is 1. The summed E-state index contributed by atoms with van der Waals surface area (Å²) in [5.41, 5.74) is 5.18. The molecule has 2 aromatic rings. The Labute approximate surface area is 139 Å². The van der Waals surface area contributed by atoms with E-state index in [1.807, 2.05) is 4.90 Å². The van der Waals surface area contributed by atoms with Gasteiger partial charge in [-0.2, -0.15) is 0 Å². The second kappa shape index (κ2) is 4.54. The minimum Gasteiger partial charge on any atom is -0.421 e. The molecule has 3 aliphatic rings. The first-order valence-corrected chi connectivity index (χ1v) is 8.82. The summed E-state index contributed by atoms with van der Waals surface area (Å²) in [6.07, 6.45) is 0. The summed E-state index contributed by atoms with van der Waals surface area (Å²) in [4.78, 5) is 26.9. The first-order valence-electron chi connectivity index (χ1n) is 7.83. The van der Waals surface area contributed by atoms with Gasteiger partial charge in [0.05, 0.1) is 21.5 Å². The highest BCUT2D eigenvalue weighted by atomic mass is 32.2. The van der Waals surface area contributed by atoms with Crippen LogP contribution >= 0.6 is 11.8 Å². The van der Waals surface area contributed by atoms with Crippen molar-refractivity contribution >= 4 is 28.4 Å². The van der Waals surface area contributed by atoms with Gasteiger partial charge in [-0.25, -0.2) is 9.18 Å². The zero-order chi connectivity index (χ0) is 16.7. The molecule has 3 heterocycles. The van der Waals surface area contributed by atoms with Crippen molar-refractivity contribution in [2.45, 2.75) is 17.5 Å². The van der Waals surface area contributed by atoms with Crippen molar-refractivity contribution in [3.8, 4) is 0 Å². The Hall–Kier alpha value is -2.00. The summed E-state index contributed by atoms with van der Waals surface area (Å²) in [6.45, 7) is 1.77. The van der Waals surface area contributed by atoms with Crippen LogP contribution in [-0.4, -0.2) is 39.4 Å². The van der Waals surface area contributed by atoms with Gasteiger partial charge in [-0.15, -0.1) is 11.8 Å². The standard InChI is InChI=1S/C15H15FN4O3S/c16-9-3-6-11-13(12(9)18-4-7-8(5-18)10(7)17)24-2-1-19(11)15(22)20(23)14(6)21/h3,7-8,10,23H,1-2,4-5,17H2. The number of nitrogens with zero attached hydrogens (tertiary/aromatic N) is 3. The number of nitrogens with two attached hydrogens (primary N) is 1. The number of rotatable bonds is 1. The maximum atomic E-state index is 14.8. The number of aromatic nitrogens is 2. The van der Waals surface area contributed by atoms with Crippen molar-refractivity contribution in [2.75, 3.05) is 23.7 Å². The van der Waals surface area contributed by atoms with Crippen LogP contribution in [0.1, 0.15) is 0 Å². The lowest BCUT2D eigenvalue weighted by molar-refractivity contribution is 0.157.